The van der Waals surface area contributed by atoms with Crippen LogP contribution < -0.4 is 5.73 Å². The van der Waals surface area contributed by atoms with E-state index in [1.165, 1.54) is 0 Å². The molecule has 1 saturated heterocycles. The fourth-order valence-electron chi connectivity index (χ4n) is 2.90. The zero-order valence-electron chi connectivity index (χ0n) is 11.8. The molecule has 0 saturated carbocycles. The summed E-state index contributed by atoms with van der Waals surface area (Å²) in [5.74, 6) is 0.435. The Bertz CT molecular complexity index is 650. The number of aromatic nitrogens is 3. The number of nitrogens with one attached hydrogen (secondary N) is 1. The quantitative estimate of drug-likeness (QED) is 0.857. The monoisotopic (exact) mass is 273 g/mol. The molecular weight excluding hydrogens is 254 g/mol. The molecule has 1 fully saturated rings. The summed E-state index contributed by atoms with van der Waals surface area (Å²) in [5.41, 5.74) is 7.91. The summed E-state index contributed by atoms with van der Waals surface area (Å²) >= 11 is 0. The molecule has 0 aromatic carbocycles. The average Bonchev–Trinajstić information content (AvgIpc) is 3.01. The minimum absolute atomic E-state index is 0.0310. The van der Waals surface area contributed by atoms with Gasteiger partial charge in [0.25, 0.3) is 5.91 Å². The van der Waals surface area contributed by atoms with Gasteiger partial charge in [0.15, 0.2) is 5.65 Å². The summed E-state index contributed by atoms with van der Waals surface area (Å²) in [7, 11) is 0. The van der Waals surface area contributed by atoms with Gasteiger partial charge in [-0.1, -0.05) is 0 Å². The Morgan fingerprint density at radius 2 is 2.40 bits per heavy atom. The van der Waals surface area contributed by atoms with Gasteiger partial charge in [-0.15, -0.1) is 0 Å². The van der Waals surface area contributed by atoms with Gasteiger partial charge in [-0.2, -0.15) is 5.10 Å². The number of likely N-dealkylation sites (tertiary alicyclic amines) is 1. The van der Waals surface area contributed by atoms with Gasteiger partial charge in [0, 0.05) is 29.9 Å². The zero-order chi connectivity index (χ0) is 14.3. The molecule has 2 unspecified atom stereocenters. The number of rotatable bonds is 2. The fraction of sp³-hybridized carbons (Fsp3) is 0.500. The number of fused-ring (bicyclic) bond motifs is 1. The first-order chi connectivity index (χ1) is 9.60. The number of amides is 1. The molecule has 6 heteroatoms. The SMILES string of the molecule is Cc1[nH]nc2ncc(C(=O)N3CC(CN)CC3C)cc12. The Labute approximate surface area is 117 Å². The van der Waals surface area contributed by atoms with Crippen LogP contribution in [-0.2, 0) is 0 Å². The number of carbonyl (C=O) groups is 1. The van der Waals surface area contributed by atoms with Crippen molar-refractivity contribution in [3.63, 3.8) is 0 Å². The number of hydrogen-bond acceptors (Lipinski definition) is 4. The van der Waals surface area contributed by atoms with Crippen molar-refractivity contribution in [1.82, 2.24) is 20.1 Å². The van der Waals surface area contributed by atoms with E-state index in [1.807, 2.05) is 17.9 Å². The van der Waals surface area contributed by atoms with Crippen molar-refractivity contribution in [2.24, 2.45) is 11.7 Å². The molecule has 106 valence electrons. The Hall–Kier alpha value is -1.95. The van der Waals surface area contributed by atoms with E-state index in [2.05, 4.69) is 22.1 Å². The van der Waals surface area contributed by atoms with E-state index < -0.39 is 0 Å². The van der Waals surface area contributed by atoms with E-state index in [0.29, 0.717) is 23.7 Å². The van der Waals surface area contributed by atoms with Crippen LogP contribution in [0.3, 0.4) is 0 Å². The summed E-state index contributed by atoms with van der Waals surface area (Å²) in [6.07, 6.45) is 2.58. The highest BCUT2D eigenvalue weighted by Crippen LogP contribution is 2.25. The third kappa shape index (κ3) is 2.06. The Kier molecular flexibility index (Phi) is 3.17. The van der Waals surface area contributed by atoms with Crippen LogP contribution in [0.4, 0.5) is 0 Å². The topological polar surface area (TPSA) is 87.9 Å². The van der Waals surface area contributed by atoms with Crippen LogP contribution in [-0.4, -0.2) is 45.1 Å². The van der Waals surface area contributed by atoms with Crippen molar-refractivity contribution in [2.45, 2.75) is 26.3 Å². The van der Waals surface area contributed by atoms with Crippen molar-refractivity contribution in [3.8, 4) is 0 Å². The normalized spacial score (nSPS) is 22.6. The first-order valence-corrected chi connectivity index (χ1v) is 6.92. The second kappa shape index (κ2) is 4.86. The van der Waals surface area contributed by atoms with E-state index in [0.717, 1.165) is 24.0 Å². The van der Waals surface area contributed by atoms with Crippen LogP contribution in [0.15, 0.2) is 12.3 Å². The number of H-pyrrole nitrogens is 1. The minimum Gasteiger partial charge on any atom is -0.336 e. The number of hydrogen-bond donors (Lipinski definition) is 2. The second-order valence-corrected chi connectivity index (χ2v) is 5.59. The lowest BCUT2D eigenvalue weighted by Gasteiger charge is -2.21. The van der Waals surface area contributed by atoms with Gasteiger partial charge in [-0.3, -0.25) is 9.89 Å². The molecule has 6 nitrogen and oxygen atoms in total. The predicted octanol–water partition coefficient (Wildman–Crippen LogP) is 1.08. The number of pyridine rings is 1. The molecular formula is C14H19N5O. The van der Waals surface area contributed by atoms with Gasteiger partial charge < -0.3 is 10.6 Å². The lowest BCUT2D eigenvalue weighted by molar-refractivity contribution is 0.0743. The van der Waals surface area contributed by atoms with Crippen LogP contribution in [0.25, 0.3) is 11.0 Å². The standard InChI is InChI=1S/C14H19N5O/c1-8-3-10(5-15)7-19(8)14(20)11-4-12-9(2)17-18-13(12)16-6-11/h4,6,8,10H,3,5,7,15H2,1-2H3,(H,16,17,18). The molecule has 0 aliphatic carbocycles. The van der Waals surface area contributed by atoms with Gasteiger partial charge in [-0.25, -0.2) is 4.98 Å². The molecule has 2 atom stereocenters. The van der Waals surface area contributed by atoms with E-state index in [-0.39, 0.29) is 11.9 Å². The van der Waals surface area contributed by atoms with Crippen LogP contribution in [0.2, 0.25) is 0 Å². The van der Waals surface area contributed by atoms with Crippen molar-refractivity contribution in [3.05, 3.63) is 23.5 Å². The summed E-state index contributed by atoms with van der Waals surface area (Å²) in [4.78, 5) is 18.8. The Balaban J connectivity index is 1.90. The van der Waals surface area contributed by atoms with Crippen molar-refractivity contribution >= 4 is 16.9 Å². The summed E-state index contributed by atoms with van der Waals surface area (Å²) in [5, 5.41) is 7.86. The number of nitrogens with zero attached hydrogens (tertiary/aromatic N) is 3. The Morgan fingerprint density at radius 3 is 3.10 bits per heavy atom. The molecule has 2 aromatic heterocycles. The van der Waals surface area contributed by atoms with Gasteiger partial charge in [0.05, 0.1) is 5.56 Å². The summed E-state index contributed by atoms with van der Waals surface area (Å²) in [6, 6.07) is 2.10. The number of aryl methyl sites for hydroxylation is 1. The van der Waals surface area contributed by atoms with Crippen LogP contribution in [0, 0.1) is 12.8 Å². The zero-order valence-corrected chi connectivity index (χ0v) is 11.8. The molecule has 20 heavy (non-hydrogen) atoms. The highest BCUT2D eigenvalue weighted by molar-refractivity contribution is 5.97. The van der Waals surface area contributed by atoms with Crippen molar-refractivity contribution < 1.29 is 4.79 Å². The average molecular weight is 273 g/mol. The molecule has 0 radical (unpaired) electrons. The van der Waals surface area contributed by atoms with E-state index in [9.17, 15) is 4.79 Å². The van der Waals surface area contributed by atoms with Crippen molar-refractivity contribution in [2.75, 3.05) is 13.1 Å². The molecule has 3 rings (SSSR count). The smallest absolute Gasteiger partial charge is 0.255 e. The second-order valence-electron chi connectivity index (χ2n) is 5.59. The van der Waals surface area contributed by atoms with Crippen molar-refractivity contribution in [1.29, 1.82) is 0 Å². The van der Waals surface area contributed by atoms with Gasteiger partial charge >= 0.3 is 0 Å². The molecule has 2 aromatic rings. The number of aromatic amines is 1. The van der Waals surface area contributed by atoms with Gasteiger partial charge in [-0.05, 0) is 38.8 Å². The van der Waals surface area contributed by atoms with E-state index in [1.54, 1.807) is 6.20 Å². The van der Waals surface area contributed by atoms with E-state index >= 15 is 0 Å². The number of carbonyl (C=O) groups excluding carboxylic acids is 1. The third-order valence-electron chi connectivity index (χ3n) is 4.10. The molecule has 1 aliphatic heterocycles. The molecule has 3 N–H and O–H groups in total. The van der Waals surface area contributed by atoms with Crippen LogP contribution >= 0.6 is 0 Å². The first-order valence-electron chi connectivity index (χ1n) is 6.92. The molecule has 1 aliphatic rings. The van der Waals surface area contributed by atoms with Crippen LogP contribution in [0.1, 0.15) is 29.4 Å². The van der Waals surface area contributed by atoms with Crippen LogP contribution in [0.5, 0.6) is 0 Å². The van der Waals surface area contributed by atoms with Gasteiger partial charge in [0.1, 0.15) is 0 Å². The summed E-state index contributed by atoms with van der Waals surface area (Å²) in [6.45, 7) is 5.36. The molecule has 0 bridgehead atoms. The maximum Gasteiger partial charge on any atom is 0.255 e. The maximum atomic E-state index is 12.6. The highest BCUT2D eigenvalue weighted by Gasteiger charge is 2.32. The minimum atomic E-state index is 0.0310. The molecule has 1 amide bonds. The third-order valence-corrected chi connectivity index (χ3v) is 4.10. The molecule has 3 heterocycles. The molecule has 0 spiro atoms. The maximum absolute atomic E-state index is 12.6. The summed E-state index contributed by atoms with van der Waals surface area (Å²) < 4.78 is 0. The lowest BCUT2D eigenvalue weighted by Crippen LogP contribution is -2.34. The number of nitrogens with two attached hydrogens (primary N) is 1. The first kappa shape index (κ1) is 13.1. The highest BCUT2D eigenvalue weighted by atomic mass is 16.2. The largest absolute Gasteiger partial charge is 0.336 e. The Morgan fingerprint density at radius 1 is 1.60 bits per heavy atom. The fourth-order valence-corrected chi connectivity index (χ4v) is 2.90. The lowest BCUT2D eigenvalue weighted by atomic mass is 10.1. The van der Waals surface area contributed by atoms with Gasteiger partial charge in [0.2, 0.25) is 0 Å². The van der Waals surface area contributed by atoms with E-state index in [4.69, 9.17) is 5.73 Å². The predicted molar refractivity (Wildman–Crippen MR) is 76.3 cm³/mol.